The van der Waals surface area contributed by atoms with Crippen LogP contribution in [0.5, 0.6) is 23.0 Å². The largest absolute Gasteiger partial charge is 0.508 e. The summed E-state index contributed by atoms with van der Waals surface area (Å²) in [5.74, 6) is -0.612. The zero-order valence-corrected chi connectivity index (χ0v) is 17.6. The molecule has 0 aliphatic carbocycles. The summed E-state index contributed by atoms with van der Waals surface area (Å²) < 4.78 is 6.03. The van der Waals surface area contributed by atoms with Crippen molar-refractivity contribution in [3.05, 3.63) is 70.3 Å². The smallest absolute Gasteiger partial charge is 0.193 e. The van der Waals surface area contributed by atoms with E-state index in [-0.39, 0.29) is 22.8 Å². The molecule has 2 aromatic rings. The standard InChI is InChI=1S/C25H26O5/c1-15(2)5-11-18-22(28)21(20(27)12-8-16-6-9-17(26)10-7-16)23(29)19-13-14-25(3,4)30-24(18)19/h5-10,12-14,26,28-29H,11H2,1-4H3. The molecule has 1 heterocycles. The van der Waals surface area contributed by atoms with Crippen molar-refractivity contribution in [3.8, 4) is 23.0 Å². The molecule has 3 rings (SSSR count). The summed E-state index contributed by atoms with van der Waals surface area (Å²) in [5, 5.41) is 31.1. The Bertz CT molecular complexity index is 1070. The number of phenolic OH excluding ortho intramolecular Hbond substituents is 3. The molecule has 0 fully saturated rings. The topological polar surface area (TPSA) is 87.0 Å². The van der Waals surface area contributed by atoms with Gasteiger partial charge in [-0.25, -0.2) is 0 Å². The Kier molecular flexibility index (Phi) is 5.74. The first-order valence-electron chi connectivity index (χ1n) is 9.73. The van der Waals surface area contributed by atoms with Gasteiger partial charge in [0.2, 0.25) is 0 Å². The summed E-state index contributed by atoms with van der Waals surface area (Å²) >= 11 is 0. The van der Waals surface area contributed by atoms with E-state index in [4.69, 9.17) is 4.74 Å². The van der Waals surface area contributed by atoms with Crippen LogP contribution in [-0.2, 0) is 6.42 Å². The minimum Gasteiger partial charge on any atom is -0.508 e. The molecule has 156 valence electrons. The molecule has 1 aliphatic rings. The third-order valence-electron chi connectivity index (χ3n) is 4.83. The van der Waals surface area contributed by atoms with E-state index in [1.54, 1.807) is 30.4 Å². The minimum atomic E-state index is -0.601. The van der Waals surface area contributed by atoms with Crippen LogP contribution in [0.3, 0.4) is 0 Å². The van der Waals surface area contributed by atoms with Crippen molar-refractivity contribution in [2.45, 2.75) is 39.7 Å². The molecule has 30 heavy (non-hydrogen) atoms. The number of hydrogen-bond acceptors (Lipinski definition) is 5. The van der Waals surface area contributed by atoms with Gasteiger partial charge in [0.1, 0.15) is 34.2 Å². The summed E-state index contributed by atoms with van der Waals surface area (Å²) in [6.45, 7) is 7.65. The average Bonchev–Trinajstić information content (AvgIpc) is 2.66. The number of fused-ring (bicyclic) bond motifs is 1. The number of aromatic hydroxyl groups is 3. The van der Waals surface area contributed by atoms with Gasteiger partial charge in [-0.05, 0) is 70.0 Å². The monoisotopic (exact) mass is 406 g/mol. The third kappa shape index (κ3) is 4.40. The molecular formula is C25H26O5. The van der Waals surface area contributed by atoms with E-state index in [1.165, 1.54) is 18.2 Å². The molecule has 0 unspecified atom stereocenters. The molecule has 2 aromatic carbocycles. The van der Waals surface area contributed by atoms with Gasteiger partial charge in [-0.2, -0.15) is 0 Å². The lowest BCUT2D eigenvalue weighted by Crippen LogP contribution is -2.28. The van der Waals surface area contributed by atoms with Crippen molar-refractivity contribution in [3.63, 3.8) is 0 Å². The maximum absolute atomic E-state index is 12.9. The molecule has 0 saturated carbocycles. The number of allylic oxidation sites excluding steroid dienone is 3. The number of benzene rings is 2. The first-order chi connectivity index (χ1) is 14.1. The van der Waals surface area contributed by atoms with Crippen LogP contribution in [0.25, 0.3) is 12.2 Å². The highest BCUT2D eigenvalue weighted by atomic mass is 16.5. The summed E-state index contributed by atoms with van der Waals surface area (Å²) in [5.41, 5.74) is 1.84. The van der Waals surface area contributed by atoms with Gasteiger partial charge < -0.3 is 20.1 Å². The fourth-order valence-electron chi connectivity index (χ4n) is 3.20. The zero-order valence-electron chi connectivity index (χ0n) is 17.6. The van der Waals surface area contributed by atoms with E-state index >= 15 is 0 Å². The second kappa shape index (κ2) is 8.11. The maximum atomic E-state index is 12.9. The molecule has 0 saturated heterocycles. The molecule has 1 aliphatic heterocycles. The Balaban J connectivity index is 2.10. The van der Waals surface area contributed by atoms with Crippen molar-refractivity contribution < 1.29 is 24.9 Å². The molecule has 5 heteroatoms. The molecule has 0 amide bonds. The molecule has 0 bridgehead atoms. The minimum absolute atomic E-state index is 0.127. The fraction of sp³-hybridized carbons (Fsp3) is 0.240. The lowest BCUT2D eigenvalue weighted by atomic mass is 9.92. The van der Waals surface area contributed by atoms with Crippen LogP contribution in [0.1, 0.15) is 54.7 Å². The van der Waals surface area contributed by atoms with E-state index in [9.17, 15) is 20.1 Å². The van der Waals surface area contributed by atoms with Gasteiger partial charge in [-0.1, -0.05) is 29.9 Å². The van der Waals surface area contributed by atoms with Gasteiger partial charge in [0.05, 0.1) is 5.56 Å². The molecule has 5 nitrogen and oxygen atoms in total. The Morgan fingerprint density at radius 1 is 1.07 bits per heavy atom. The molecular weight excluding hydrogens is 380 g/mol. The first-order valence-corrected chi connectivity index (χ1v) is 9.73. The van der Waals surface area contributed by atoms with Crippen LogP contribution < -0.4 is 4.74 Å². The van der Waals surface area contributed by atoms with Crippen LogP contribution in [0.4, 0.5) is 0 Å². The lowest BCUT2D eigenvalue weighted by Gasteiger charge is -2.30. The maximum Gasteiger partial charge on any atom is 0.193 e. The fourth-order valence-corrected chi connectivity index (χ4v) is 3.20. The van der Waals surface area contributed by atoms with Gasteiger partial charge in [-0.3, -0.25) is 4.79 Å². The SMILES string of the molecule is CC(C)=CCc1c(O)c(C(=O)C=Cc2ccc(O)cc2)c(O)c2c1OC(C)(C)C=C2. The highest BCUT2D eigenvalue weighted by Gasteiger charge is 2.31. The predicted octanol–water partition coefficient (Wildman–Crippen LogP) is 5.39. The van der Waals surface area contributed by atoms with Crippen molar-refractivity contribution in [2.24, 2.45) is 0 Å². The van der Waals surface area contributed by atoms with Crippen molar-refractivity contribution >= 4 is 17.9 Å². The average molecular weight is 406 g/mol. The van der Waals surface area contributed by atoms with Crippen LogP contribution in [0.15, 0.2) is 48.1 Å². The van der Waals surface area contributed by atoms with Gasteiger partial charge >= 0.3 is 0 Å². The van der Waals surface area contributed by atoms with E-state index in [2.05, 4.69) is 0 Å². The van der Waals surface area contributed by atoms with Crippen LogP contribution in [0, 0.1) is 0 Å². The number of rotatable bonds is 5. The lowest BCUT2D eigenvalue weighted by molar-refractivity contribution is 0.104. The number of ketones is 1. The Morgan fingerprint density at radius 2 is 1.73 bits per heavy atom. The van der Waals surface area contributed by atoms with Crippen LogP contribution in [-0.4, -0.2) is 26.7 Å². The molecule has 0 spiro atoms. The normalized spacial score (nSPS) is 14.3. The Labute approximate surface area is 176 Å². The highest BCUT2D eigenvalue weighted by molar-refractivity contribution is 6.11. The number of carbonyl (C=O) groups is 1. The van der Waals surface area contributed by atoms with Crippen molar-refractivity contribution in [2.75, 3.05) is 0 Å². The van der Waals surface area contributed by atoms with Crippen molar-refractivity contribution in [1.82, 2.24) is 0 Å². The Morgan fingerprint density at radius 3 is 2.37 bits per heavy atom. The molecule has 0 radical (unpaired) electrons. The predicted molar refractivity (Wildman–Crippen MR) is 118 cm³/mol. The third-order valence-corrected chi connectivity index (χ3v) is 4.83. The quantitative estimate of drug-likeness (QED) is 0.352. The summed E-state index contributed by atoms with van der Waals surface area (Å²) in [6, 6.07) is 6.34. The highest BCUT2D eigenvalue weighted by Crippen LogP contribution is 2.47. The number of hydrogen-bond donors (Lipinski definition) is 3. The second-order valence-electron chi connectivity index (χ2n) is 8.11. The van der Waals surface area contributed by atoms with Gasteiger partial charge in [0.15, 0.2) is 5.78 Å². The number of carbonyl (C=O) groups excluding carboxylic acids is 1. The number of ether oxygens (including phenoxy) is 1. The van der Waals surface area contributed by atoms with Crippen molar-refractivity contribution in [1.29, 1.82) is 0 Å². The number of phenols is 3. The molecule has 3 N–H and O–H groups in total. The van der Waals surface area contributed by atoms with E-state index in [0.717, 1.165) is 5.57 Å². The molecule has 0 atom stereocenters. The summed E-state index contributed by atoms with van der Waals surface area (Å²) in [7, 11) is 0. The van der Waals surface area contributed by atoms with Crippen LogP contribution >= 0.6 is 0 Å². The first kappa shape index (κ1) is 21.2. The van der Waals surface area contributed by atoms with E-state index in [1.807, 2.05) is 33.8 Å². The van der Waals surface area contributed by atoms with Gasteiger partial charge in [0.25, 0.3) is 0 Å². The molecule has 0 aromatic heterocycles. The Hall–Kier alpha value is -3.47. The van der Waals surface area contributed by atoms with E-state index in [0.29, 0.717) is 28.9 Å². The zero-order chi connectivity index (χ0) is 22.1. The summed E-state index contributed by atoms with van der Waals surface area (Å²) in [4.78, 5) is 12.9. The van der Waals surface area contributed by atoms with E-state index < -0.39 is 11.4 Å². The van der Waals surface area contributed by atoms with Gasteiger partial charge in [-0.15, -0.1) is 0 Å². The van der Waals surface area contributed by atoms with Gasteiger partial charge in [0, 0.05) is 5.56 Å². The summed E-state index contributed by atoms with van der Waals surface area (Å²) in [6.07, 6.45) is 8.67. The second-order valence-corrected chi connectivity index (χ2v) is 8.11. The van der Waals surface area contributed by atoms with Crippen LogP contribution in [0.2, 0.25) is 0 Å².